The van der Waals surface area contributed by atoms with Crippen LogP contribution in [0.25, 0.3) is 11.0 Å². The van der Waals surface area contributed by atoms with E-state index in [9.17, 15) is 0 Å². The van der Waals surface area contributed by atoms with E-state index in [2.05, 4.69) is 15.0 Å². The van der Waals surface area contributed by atoms with Gasteiger partial charge >= 0.3 is 0 Å². The van der Waals surface area contributed by atoms with Gasteiger partial charge in [0.2, 0.25) is 5.88 Å². The topological polar surface area (TPSA) is 50.8 Å². The molecule has 4 heteroatoms. The summed E-state index contributed by atoms with van der Waals surface area (Å²) >= 11 is 0. The molecule has 0 spiro atoms. The van der Waals surface area contributed by atoms with Crippen LogP contribution in [0.5, 0.6) is 11.6 Å². The summed E-state index contributed by atoms with van der Waals surface area (Å²) in [7, 11) is 0. The predicted octanol–water partition coefficient (Wildman–Crippen LogP) is 3.63. The van der Waals surface area contributed by atoms with Crippen LogP contribution in [-0.2, 0) is 0 Å². The zero-order chi connectivity index (χ0) is 12.7. The van der Waals surface area contributed by atoms with Gasteiger partial charge in [0, 0.05) is 12.1 Å². The van der Waals surface area contributed by atoms with Crippen LogP contribution in [0.4, 0.5) is 0 Å². The van der Waals surface area contributed by atoms with Crippen LogP contribution in [0, 0.1) is 0 Å². The van der Waals surface area contributed by atoms with E-state index in [-0.39, 0.29) is 0 Å². The predicted molar refractivity (Wildman–Crippen MR) is 72.4 cm³/mol. The summed E-state index contributed by atoms with van der Waals surface area (Å²) < 4.78 is 5.90. The van der Waals surface area contributed by atoms with Gasteiger partial charge in [0.05, 0.1) is 5.39 Å². The summed E-state index contributed by atoms with van der Waals surface area (Å²) in [5.41, 5.74) is 0.850. The highest BCUT2D eigenvalue weighted by molar-refractivity contribution is 5.81. The number of ether oxygens (including phenoxy) is 1. The van der Waals surface area contributed by atoms with E-state index in [4.69, 9.17) is 4.74 Å². The van der Waals surface area contributed by atoms with Crippen molar-refractivity contribution >= 4 is 11.0 Å². The number of para-hydroxylation sites is 1. The van der Waals surface area contributed by atoms with E-state index in [0.717, 1.165) is 22.6 Å². The Hall–Kier alpha value is -2.36. The van der Waals surface area contributed by atoms with E-state index < -0.39 is 0 Å². The van der Waals surface area contributed by atoms with Crippen LogP contribution in [0.1, 0.15) is 24.6 Å². The minimum Gasteiger partial charge on any atom is -0.438 e. The van der Waals surface area contributed by atoms with Crippen LogP contribution < -0.4 is 4.74 Å². The second-order valence-electron chi connectivity index (χ2n) is 4.82. The fraction of sp³-hybridized carbons (Fsp3) is 0.200. The number of aromatic amines is 1. The molecule has 0 atom stereocenters. The van der Waals surface area contributed by atoms with Gasteiger partial charge in [-0.1, -0.05) is 18.2 Å². The molecule has 1 aromatic carbocycles. The van der Waals surface area contributed by atoms with Gasteiger partial charge in [-0.05, 0) is 31.0 Å². The quantitative estimate of drug-likeness (QED) is 0.773. The van der Waals surface area contributed by atoms with Crippen molar-refractivity contribution < 1.29 is 4.74 Å². The molecule has 0 unspecified atom stereocenters. The number of fused-ring (bicyclic) bond motifs is 1. The Kier molecular flexibility index (Phi) is 2.27. The largest absolute Gasteiger partial charge is 0.438 e. The molecule has 1 fully saturated rings. The Morgan fingerprint density at radius 3 is 2.68 bits per heavy atom. The van der Waals surface area contributed by atoms with Crippen molar-refractivity contribution in [3.63, 3.8) is 0 Å². The first-order valence-electron chi connectivity index (χ1n) is 6.48. The zero-order valence-corrected chi connectivity index (χ0v) is 10.3. The summed E-state index contributed by atoms with van der Waals surface area (Å²) in [6.07, 6.45) is 4.22. The molecule has 1 aliphatic rings. The second-order valence-corrected chi connectivity index (χ2v) is 4.82. The van der Waals surface area contributed by atoms with E-state index in [1.165, 1.54) is 12.8 Å². The Morgan fingerprint density at radius 1 is 1.05 bits per heavy atom. The number of rotatable bonds is 3. The molecule has 1 saturated carbocycles. The standard InChI is InChI=1S/C15H13N3O/c1-2-4-11(5-3-1)19-15-12-8-9-16-14(12)17-13(18-15)10-6-7-10/h1-5,8-10H,6-7H2,(H,16,17,18). The van der Waals surface area contributed by atoms with Gasteiger partial charge in [0.1, 0.15) is 17.2 Å². The third-order valence-electron chi connectivity index (χ3n) is 3.30. The van der Waals surface area contributed by atoms with Crippen LogP contribution in [-0.4, -0.2) is 15.0 Å². The fourth-order valence-electron chi connectivity index (χ4n) is 2.13. The molecule has 0 bridgehead atoms. The first-order valence-corrected chi connectivity index (χ1v) is 6.48. The molecule has 1 N–H and O–H groups in total. The lowest BCUT2D eigenvalue weighted by atomic mass is 10.3. The Bertz CT molecular complexity index is 717. The molecule has 94 valence electrons. The van der Waals surface area contributed by atoms with Crippen molar-refractivity contribution in [1.29, 1.82) is 0 Å². The highest BCUT2D eigenvalue weighted by atomic mass is 16.5. The third kappa shape index (κ3) is 1.95. The molecule has 2 heterocycles. The highest BCUT2D eigenvalue weighted by Gasteiger charge is 2.28. The first-order chi connectivity index (χ1) is 9.40. The number of hydrogen-bond donors (Lipinski definition) is 1. The molecular weight excluding hydrogens is 238 g/mol. The number of benzene rings is 1. The Balaban J connectivity index is 1.80. The average molecular weight is 251 g/mol. The third-order valence-corrected chi connectivity index (χ3v) is 3.30. The summed E-state index contributed by atoms with van der Waals surface area (Å²) in [5.74, 6) is 2.83. The van der Waals surface area contributed by atoms with Crippen LogP contribution in [0.2, 0.25) is 0 Å². The summed E-state index contributed by atoms with van der Waals surface area (Å²) in [6, 6.07) is 11.7. The van der Waals surface area contributed by atoms with Crippen molar-refractivity contribution in [1.82, 2.24) is 15.0 Å². The monoisotopic (exact) mass is 251 g/mol. The molecule has 19 heavy (non-hydrogen) atoms. The second kappa shape index (κ2) is 4.09. The van der Waals surface area contributed by atoms with Crippen LogP contribution in [0.3, 0.4) is 0 Å². The summed E-state index contributed by atoms with van der Waals surface area (Å²) in [5, 5.41) is 0.924. The smallest absolute Gasteiger partial charge is 0.232 e. The minimum absolute atomic E-state index is 0.505. The van der Waals surface area contributed by atoms with Gasteiger partial charge in [-0.3, -0.25) is 0 Å². The molecule has 4 rings (SSSR count). The maximum absolute atomic E-state index is 5.90. The van der Waals surface area contributed by atoms with Gasteiger partial charge in [-0.15, -0.1) is 0 Å². The normalized spacial score (nSPS) is 14.7. The lowest BCUT2D eigenvalue weighted by molar-refractivity contribution is 0.465. The molecule has 0 saturated heterocycles. The van der Waals surface area contributed by atoms with Gasteiger partial charge in [-0.25, -0.2) is 4.98 Å². The molecule has 0 radical (unpaired) electrons. The number of nitrogens with one attached hydrogen (secondary N) is 1. The van der Waals surface area contributed by atoms with E-state index in [1.807, 2.05) is 42.6 Å². The number of nitrogens with zero attached hydrogens (tertiary/aromatic N) is 2. The maximum atomic E-state index is 5.90. The van der Waals surface area contributed by atoms with Gasteiger partial charge in [0.25, 0.3) is 0 Å². The molecule has 3 aromatic rings. The van der Waals surface area contributed by atoms with Gasteiger partial charge < -0.3 is 9.72 Å². The van der Waals surface area contributed by atoms with Crippen LogP contribution in [0.15, 0.2) is 42.6 Å². The fourth-order valence-corrected chi connectivity index (χ4v) is 2.13. The SMILES string of the molecule is c1ccc(Oc2nc(C3CC3)nc3[nH]ccc23)cc1. The Labute approximate surface area is 110 Å². The van der Waals surface area contributed by atoms with E-state index in [1.54, 1.807) is 0 Å². The van der Waals surface area contributed by atoms with Crippen LogP contribution >= 0.6 is 0 Å². The molecule has 4 nitrogen and oxygen atoms in total. The van der Waals surface area contributed by atoms with Crippen molar-refractivity contribution in [3.05, 3.63) is 48.4 Å². The first kappa shape index (κ1) is 10.6. The van der Waals surface area contributed by atoms with Crippen molar-refractivity contribution in [2.45, 2.75) is 18.8 Å². The summed E-state index contributed by atoms with van der Waals surface area (Å²) in [4.78, 5) is 12.3. The van der Waals surface area contributed by atoms with Gasteiger partial charge in [-0.2, -0.15) is 4.98 Å². The van der Waals surface area contributed by atoms with E-state index in [0.29, 0.717) is 11.8 Å². The van der Waals surface area contributed by atoms with Crippen molar-refractivity contribution in [2.24, 2.45) is 0 Å². The highest BCUT2D eigenvalue weighted by Crippen LogP contribution is 2.40. The molecule has 2 aromatic heterocycles. The molecular formula is C15H13N3O. The molecule has 1 aliphatic carbocycles. The lowest BCUT2D eigenvalue weighted by Crippen LogP contribution is -1.97. The maximum Gasteiger partial charge on any atom is 0.232 e. The summed E-state index contributed by atoms with van der Waals surface area (Å²) in [6.45, 7) is 0. The number of hydrogen-bond acceptors (Lipinski definition) is 3. The zero-order valence-electron chi connectivity index (χ0n) is 10.3. The number of aromatic nitrogens is 3. The van der Waals surface area contributed by atoms with Gasteiger partial charge in [0.15, 0.2) is 0 Å². The van der Waals surface area contributed by atoms with Crippen molar-refractivity contribution in [2.75, 3.05) is 0 Å². The molecule has 0 amide bonds. The van der Waals surface area contributed by atoms with Crippen molar-refractivity contribution in [3.8, 4) is 11.6 Å². The Morgan fingerprint density at radius 2 is 1.89 bits per heavy atom. The lowest BCUT2D eigenvalue weighted by Gasteiger charge is -2.07. The minimum atomic E-state index is 0.505. The molecule has 0 aliphatic heterocycles. The van der Waals surface area contributed by atoms with E-state index >= 15 is 0 Å². The average Bonchev–Trinajstić information content (AvgIpc) is 3.18. The number of H-pyrrole nitrogens is 1.